The van der Waals surface area contributed by atoms with Crippen molar-refractivity contribution in [1.29, 1.82) is 0 Å². The van der Waals surface area contributed by atoms with Gasteiger partial charge in [0.15, 0.2) is 0 Å². The summed E-state index contributed by atoms with van der Waals surface area (Å²) in [7, 11) is 0. The molecule has 2 N–H and O–H groups in total. The van der Waals surface area contributed by atoms with Gasteiger partial charge in [0.05, 0.1) is 6.04 Å². The SMILES string of the molecule is NC(c1cccnc1)c1nccs1. The van der Waals surface area contributed by atoms with Gasteiger partial charge < -0.3 is 5.73 Å². The van der Waals surface area contributed by atoms with Crippen LogP contribution in [-0.4, -0.2) is 9.97 Å². The highest BCUT2D eigenvalue weighted by atomic mass is 32.1. The molecule has 0 aromatic carbocycles. The molecular weight excluding hydrogens is 182 g/mol. The van der Waals surface area contributed by atoms with Gasteiger partial charge in [0.1, 0.15) is 5.01 Å². The fourth-order valence-electron chi connectivity index (χ4n) is 1.09. The van der Waals surface area contributed by atoms with Crippen molar-refractivity contribution in [2.75, 3.05) is 0 Å². The first-order valence-corrected chi connectivity index (χ1v) is 4.81. The highest BCUT2D eigenvalue weighted by molar-refractivity contribution is 7.09. The van der Waals surface area contributed by atoms with Crippen LogP contribution in [0.3, 0.4) is 0 Å². The van der Waals surface area contributed by atoms with Crippen LogP contribution in [0, 0.1) is 0 Å². The number of rotatable bonds is 2. The summed E-state index contributed by atoms with van der Waals surface area (Å²) in [6, 6.07) is 3.69. The molecule has 4 heteroatoms. The third kappa shape index (κ3) is 1.74. The summed E-state index contributed by atoms with van der Waals surface area (Å²) in [5, 5.41) is 2.85. The molecule has 0 saturated heterocycles. The third-order valence-corrected chi connectivity index (χ3v) is 2.62. The Morgan fingerprint density at radius 1 is 1.38 bits per heavy atom. The maximum absolute atomic E-state index is 5.97. The van der Waals surface area contributed by atoms with Gasteiger partial charge in [-0.15, -0.1) is 11.3 Å². The van der Waals surface area contributed by atoms with Crippen molar-refractivity contribution in [3.05, 3.63) is 46.7 Å². The van der Waals surface area contributed by atoms with Crippen molar-refractivity contribution >= 4 is 11.3 Å². The number of nitrogens with zero attached hydrogens (tertiary/aromatic N) is 2. The molecule has 0 amide bonds. The van der Waals surface area contributed by atoms with Crippen LogP contribution in [-0.2, 0) is 0 Å². The Labute approximate surface area is 80.3 Å². The van der Waals surface area contributed by atoms with Crippen LogP contribution in [0.1, 0.15) is 16.6 Å². The van der Waals surface area contributed by atoms with Gasteiger partial charge in [0, 0.05) is 24.0 Å². The van der Waals surface area contributed by atoms with E-state index < -0.39 is 0 Å². The van der Waals surface area contributed by atoms with Crippen LogP contribution in [0.4, 0.5) is 0 Å². The summed E-state index contributed by atoms with van der Waals surface area (Å²) in [6.45, 7) is 0. The van der Waals surface area contributed by atoms with Crippen molar-refractivity contribution in [3.8, 4) is 0 Å². The lowest BCUT2D eigenvalue weighted by Gasteiger charge is -2.06. The summed E-state index contributed by atoms with van der Waals surface area (Å²) < 4.78 is 0. The van der Waals surface area contributed by atoms with Gasteiger partial charge in [-0.05, 0) is 11.6 Å². The Morgan fingerprint density at radius 2 is 2.31 bits per heavy atom. The molecule has 0 aliphatic rings. The predicted molar refractivity (Wildman–Crippen MR) is 52.4 cm³/mol. The van der Waals surface area contributed by atoms with Gasteiger partial charge >= 0.3 is 0 Å². The second kappa shape index (κ2) is 3.64. The van der Waals surface area contributed by atoms with Crippen molar-refractivity contribution in [1.82, 2.24) is 9.97 Å². The number of hydrogen-bond acceptors (Lipinski definition) is 4. The minimum atomic E-state index is -0.145. The van der Waals surface area contributed by atoms with Gasteiger partial charge in [0.2, 0.25) is 0 Å². The smallest absolute Gasteiger partial charge is 0.114 e. The van der Waals surface area contributed by atoms with Gasteiger partial charge in [-0.25, -0.2) is 4.98 Å². The maximum atomic E-state index is 5.97. The summed E-state index contributed by atoms with van der Waals surface area (Å²) in [5.41, 5.74) is 6.97. The number of aromatic nitrogens is 2. The minimum Gasteiger partial charge on any atom is -0.318 e. The molecule has 0 bridgehead atoms. The van der Waals surface area contributed by atoms with Gasteiger partial charge in [-0.3, -0.25) is 4.98 Å². The van der Waals surface area contributed by atoms with E-state index in [1.807, 2.05) is 17.5 Å². The largest absolute Gasteiger partial charge is 0.318 e. The van der Waals surface area contributed by atoms with Gasteiger partial charge in [0.25, 0.3) is 0 Å². The first kappa shape index (κ1) is 8.34. The van der Waals surface area contributed by atoms with E-state index in [1.54, 1.807) is 29.9 Å². The zero-order valence-corrected chi connectivity index (χ0v) is 7.74. The lowest BCUT2D eigenvalue weighted by molar-refractivity contribution is 0.850. The molecule has 13 heavy (non-hydrogen) atoms. The summed E-state index contributed by atoms with van der Waals surface area (Å²) in [5.74, 6) is 0. The van der Waals surface area contributed by atoms with Crippen LogP contribution in [0.5, 0.6) is 0 Å². The van der Waals surface area contributed by atoms with E-state index in [2.05, 4.69) is 9.97 Å². The Bertz CT molecular complexity index is 358. The Morgan fingerprint density at radius 3 is 2.92 bits per heavy atom. The number of nitrogens with two attached hydrogens (primary N) is 1. The molecule has 0 fully saturated rings. The van der Waals surface area contributed by atoms with E-state index in [4.69, 9.17) is 5.73 Å². The molecule has 0 aliphatic carbocycles. The summed E-state index contributed by atoms with van der Waals surface area (Å²) >= 11 is 1.56. The van der Waals surface area contributed by atoms with E-state index in [0.29, 0.717) is 0 Å². The highest BCUT2D eigenvalue weighted by Gasteiger charge is 2.10. The number of pyridine rings is 1. The quantitative estimate of drug-likeness (QED) is 0.784. The molecule has 2 rings (SSSR count). The summed E-state index contributed by atoms with van der Waals surface area (Å²) in [4.78, 5) is 8.17. The lowest BCUT2D eigenvalue weighted by atomic mass is 10.1. The molecular formula is C9H9N3S. The minimum absolute atomic E-state index is 0.145. The molecule has 0 aliphatic heterocycles. The van der Waals surface area contributed by atoms with Crippen LogP contribution in [0.15, 0.2) is 36.1 Å². The van der Waals surface area contributed by atoms with Crippen molar-refractivity contribution in [2.24, 2.45) is 5.73 Å². The van der Waals surface area contributed by atoms with Crippen LogP contribution >= 0.6 is 11.3 Å². The molecule has 1 atom stereocenters. The maximum Gasteiger partial charge on any atom is 0.114 e. The number of thiazole rings is 1. The van der Waals surface area contributed by atoms with Crippen molar-refractivity contribution in [2.45, 2.75) is 6.04 Å². The number of hydrogen-bond donors (Lipinski definition) is 1. The molecule has 1 unspecified atom stereocenters. The lowest BCUT2D eigenvalue weighted by Crippen LogP contribution is -2.11. The predicted octanol–water partition coefficient (Wildman–Crippen LogP) is 1.59. The topological polar surface area (TPSA) is 51.8 Å². The van der Waals surface area contributed by atoms with E-state index in [0.717, 1.165) is 10.6 Å². The molecule has 2 heterocycles. The van der Waals surface area contributed by atoms with Crippen LogP contribution in [0.2, 0.25) is 0 Å². The van der Waals surface area contributed by atoms with E-state index in [-0.39, 0.29) is 6.04 Å². The Hall–Kier alpha value is -1.26. The van der Waals surface area contributed by atoms with Crippen molar-refractivity contribution < 1.29 is 0 Å². The molecule has 2 aromatic heterocycles. The monoisotopic (exact) mass is 191 g/mol. The second-order valence-electron chi connectivity index (χ2n) is 2.63. The fourth-order valence-corrected chi connectivity index (χ4v) is 1.76. The van der Waals surface area contributed by atoms with Gasteiger partial charge in [-0.1, -0.05) is 6.07 Å². The average molecular weight is 191 g/mol. The molecule has 0 saturated carbocycles. The van der Waals surface area contributed by atoms with E-state index in [1.165, 1.54) is 0 Å². The molecule has 0 spiro atoms. The van der Waals surface area contributed by atoms with Crippen LogP contribution < -0.4 is 5.73 Å². The zero-order chi connectivity index (χ0) is 9.10. The van der Waals surface area contributed by atoms with E-state index in [9.17, 15) is 0 Å². The van der Waals surface area contributed by atoms with E-state index >= 15 is 0 Å². The standard InChI is InChI=1S/C9H9N3S/c10-8(9-12-4-5-13-9)7-2-1-3-11-6-7/h1-6,8H,10H2. The van der Waals surface area contributed by atoms with Crippen molar-refractivity contribution in [3.63, 3.8) is 0 Å². The summed E-state index contributed by atoms with van der Waals surface area (Å²) in [6.07, 6.45) is 5.26. The molecule has 0 radical (unpaired) electrons. The molecule has 3 nitrogen and oxygen atoms in total. The Kier molecular flexibility index (Phi) is 2.33. The normalized spacial score (nSPS) is 12.7. The van der Waals surface area contributed by atoms with Crippen LogP contribution in [0.25, 0.3) is 0 Å². The average Bonchev–Trinajstić information content (AvgIpc) is 2.71. The first-order chi connectivity index (χ1) is 6.38. The second-order valence-corrected chi connectivity index (χ2v) is 3.56. The fraction of sp³-hybridized carbons (Fsp3) is 0.111. The third-order valence-electron chi connectivity index (χ3n) is 1.76. The Balaban J connectivity index is 2.29. The molecule has 2 aromatic rings. The van der Waals surface area contributed by atoms with Gasteiger partial charge in [-0.2, -0.15) is 0 Å². The zero-order valence-electron chi connectivity index (χ0n) is 6.92. The highest BCUT2D eigenvalue weighted by Crippen LogP contribution is 2.19. The first-order valence-electron chi connectivity index (χ1n) is 3.93. The molecule has 66 valence electrons.